The highest BCUT2D eigenvalue weighted by atomic mass is 16.6. The number of hydrogen-bond acceptors (Lipinski definition) is 4. The average molecular weight is 315 g/mol. The van der Waals surface area contributed by atoms with Crippen LogP contribution >= 0.6 is 0 Å². The van der Waals surface area contributed by atoms with E-state index in [0.29, 0.717) is 0 Å². The molecule has 0 atom stereocenters. The number of benzene rings is 1. The summed E-state index contributed by atoms with van der Waals surface area (Å²) >= 11 is 0. The van der Waals surface area contributed by atoms with Crippen molar-refractivity contribution in [1.29, 1.82) is 0 Å². The lowest BCUT2D eigenvalue weighted by Crippen LogP contribution is -2.43. The first kappa shape index (κ1) is 17.2. The van der Waals surface area contributed by atoms with Gasteiger partial charge in [0.15, 0.2) is 0 Å². The van der Waals surface area contributed by atoms with E-state index >= 15 is 0 Å². The predicted molar refractivity (Wildman–Crippen MR) is 92.6 cm³/mol. The number of carbonyl (C=O) groups excluding carboxylic acids is 1. The van der Waals surface area contributed by atoms with Crippen LogP contribution in [0.3, 0.4) is 0 Å². The first-order valence-corrected chi connectivity index (χ1v) is 7.95. The molecule has 1 aromatic rings. The second-order valence-corrected chi connectivity index (χ2v) is 6.44. The zero-order valence-corrected chi connectivity index (χ0v) is 14.1. The number of rotatable bonds is 2. The molecule has 5 nitrogen and oxygen atoms in total. The topological polar surface area (TPSA) is 53.6 Å². The Hall–Kier alpha value is -2.19. The van der Waals surface area contributed by atoms with E-state index in [4.69, 9.17) is 4.74 Å². The molecule has 1 heterocycles. The zero-order valence-electron chi connectivity index (χ0n) is 14.1. The molecule has 5 heteroatoms. The molecule has 0 radical (unpaired) electrons. The lowest BCUT2D eigenvalue weighted by atomic mass is 10.2. The molecule has 1 fully saturated rings. The van der Waals surface area contributed by atoms with Gasteiger partial charge in [-0.05, 0) is 45.0 Å². The van der Waals surface area contributed by atoms with Gasteiger partial charge < -0.3 is 20.3 Å². The number of alkyl carbamates (subject to hydrolysis) is 1. The quantitative estimate of drug-likeness (QED) is 0.820. The number of amides is 1. The van der Waals surface area contributed by atoms with E-state index < -0.39 is 11.7 Å². The molecule has 1 aliphatic rings. The number of hydrogen-bond donors (Lipinski definition) is 2. The molecule has 0 aromatic heterocycles. The molecule has 2 N–H and O–H groups in total. The number of anilines is 1. The summed E-state index contributed by atoms with van der Waals surface area (Å²) in [7, 11) is 0. The van der Waals surface area contributed by atoms with Crippen molar-refractivity contribution in [2.24, 2.45) is 0 Å². The van der Waals surface area contributed by atoms with Gasteiger partial charge in [-0.3, -0.25) is 0 Å². The van der Waals surface area contributed by atoms with E-state index in [2.05, 4.69) is 39.5 Å². The highest BCUT2D eigenvalue weighted by molar-refractivity contribution is 5.68. The molecule has 0 spiro atoms. The molecule has 1 aliphatic heterocycles. The molecule has 0 aliphatic carbocycles. The van der Waals surface area contributed by atoms with Crippen molar-refractivity contribution in [2.75, 3.05) is 37.6 Å². The van der Waals surface area contributed by atoms with Crippen LogP contribution in [0.5, 0.6) is 0 Å². The van der Waals surface area contributed by atoms with Crippen molar-refractivity contribution < 1.29 is 9.53 Å². The van der Waals surface area contributed by atoms with Crippen LogP contribution in [0.15, 0.2) is 24.3 Å². The molecule has 0 unspecified atom stereocenters. The minimum absolute atomic E-state index is 0.272. The number of ether oxygens (including phenoxy) is 1. The van der Waals surface area contributed by atoms with Gasteiger partial charge in [0.05, 0.1) is 6.54 Å². The van der Waals surface area contributed by atoms with Crippen LogP contribution in [0.4, 0.5) is 10.5 Å². The highest BCUT2D eigenvalue weighted by Crippen LogP contribution is 2.15. The summed E-state index contributed by atoms with van der Waals surface area (Å²) in [5, 5.41) is 5.97. The third-order valence-electron chi connectivity index (χ3n) is 3.30. The minimum Gasteiger partial charge on any atom is -0.444 e. The highest BCUT2D eigenvalue weighted by Gasteiger charge is 2.15. The largest absolute Gasteiger partial charge is 0.444 e. The monoisotopic (exact) mass is 315 g/mol. The SMILES string of the molecule is CC(C)(C)OC(=O)NCC#Cc1ccc(N2CCNCC2)cc1. The van der Waals surface area contributed by atoms with Crippen molar-refractivity contribution in [2.45, 2.75) is 26.4 Å². The van der Waals surface area contributed by atoms with Crippen LogP contribution in [-0.2, 0) is 4.74 Å². The van der Waals surface area contributed by atoms with Gasteiger partial charge in [0, 0.05) is 37.4 Å². The lowest BCUT2D eigenvalue weighted by Gasteiger charge is -2.29. The summed E-state index contributed by atoms with van der Waals surface area (Å²) in [6.45, 7) is 9.88. The van der Waals surface area contributed by atoms with Crippen molar-refractivity contribution in [1.82, 2.24) is 10.6 Å². The molecule has 0 bridgehead atoms. The van der Waals surface area contributed by atoms with Gasteiger partial charge in [0.2, 0.25) is 0 Å². The van der Waals surface area contributed by atoms with E-state index in [1.807, 2.05) is 32.9 Å². The van der Waals surface area contributed by atoms with Crippen LogP contribution in [0, 0.1) is 11.8 Å². The molecular formula is C18H25N3O2. The zero-order chi connectivity index (χ0) is 16.7. The fourth-order valence-corrected chi connectivity index (χ4v) is 2.26. The second-order valence-electron chi connectivity index (χ2n) is 6.44. The van der Waals surface area contributed by atoms with E-state index in [-0.39, 0.29) is 6.54 Å². The van der Waals surface area contributed by atoms with Crippen molar-refractivity contribution in [3.63, 3.8) is 0 Å². The van der Waals surface area contributed by atoms with Crippen LogP contribution in [0.1, 0.15) is 26.3 Å². The number of piperazine rings is 1. The van der Waals surface area contributed by atoms with Crippen molar-refractivity contribution in [3.05, 3.63) is 29.8 Å². The van der Waals surface area contributed by atoms with E-state index in [9.17, 15) is 4.79 Å². The Morgan fingerprint density at radius 3 is 2.52 bits per heavy atom. The van der Waals surface area contributed by atoms with Gasteiger partial charge in [-0.2, -0.15) is 0 Å². The summed E-state index contributed by atoms with van der Waals surface area (Å²) in [6.07, 6.45) is -0.444. The van der Waals surface area contributed by atoms with Gasteiger partial charge >= 0.3 is 6.09 Å². The van der Waals surface area contributed by atoms with Crippen LogP contribution in [0.2, 0.25) is 0 Å². The first-order chi connectivity index (χ1) is 10.9. The standard InChI is InChI=1S/C18H25N3O2/c1-18(2,3)23-17(22)20-10-4-5-15-6-8-16(9-7-15)21-13-11-19-12-14-21/h6-9,19H,10-14H2,1-3H3,(H,20,22). The van der Waals surface area contributed by atoms with Gasteiger partial charge in [0.1, 0.15) is 5.60 Å². The predicted octanol–water partition coefficient (Wildman–Crippen LogP) is 1.97. The van der Waals surface area contributed by atoms with E-state index in [1.54, 1.807) is 0 Å². The lowest BCUT2D eigenvalue weighted by molar-refractivity contribution is 0.0535. The molecule has 2 rings (SSSR count). The van der Waals surface area contributed by atoms with Gasteiger partial charge in [0.25, 0.3) is 0 Å². The maximum atomic E-state index is 11.5. The molecule has 1 aromatic carbocycles. The Balaban J connectivity index is 1.81. The normalized spacial score (nSPS) is 14.7. The Kier molecular flexibility index (Phi) is 5.89. The number of nitrogens with one attached hydrogen (secondary N) is 2. The van der Waals surface area contributed by atoms with Gasteiger partial charge in [-0.15, -0.1) is 0 Å². The third kappa shape index (κ3) is 6.21. The smallest absolute Gasteiger partial charge is 0.408 e. The van der Waals surface area contributed by atoms with Gasteiger partial charge in [-0.25, -0.2) is 4.79 Å². The van der Waals surface area contributed by atoms with Crippen LogP contribution in [-0.4, -0.2) is 44.4 Å². The molecule has 1 saturated heterocycles. The molecule has 1 amide bonds. The van der Waals surface area contributed by atoms with E-state index in [0.717, 1.165) is 31.7 Å². The third-order valence-corrected chi connectivity index (χ3v) is 3.30. The summed E-state index contributed by atoms with van der Waals surface area (Å²) in [6, 6.07) is 8.21. The summed E-state index contributed by atoms with van der Waals surface area (Å²) < 4.78 is 5.14. The fraction of sp³-hybridized carbons (Fsp3) is 0.500. The maximum absolute atomic E-state index is 11.5. The second kappa shape index (κ2) is 7.89. The first-order valence-electron chi connectivity index (χ1n) is 7.95. The summed E-state index contributed by atoms with van der Waals surface area (Å²) in [5.41, 5.74) is 1.68. The van der Waals surface area contributed by atoms with Crippen LogP contribution in [0.25, 0.3) is 0 Å². The average Bonchev–Trinajstić information content (AvgIpc) is 2.51. The number of carbonyl (C=O) groups is 1. The van der Waals surface area contributed by atoms with Crippen LogP contribution < -0.4 is 15.5 Å². The molecule has 124 valence electrons. The Labute approximate surface area is 138 Å². The van der Waals surface area contributed by atoms with E-state index in [1.165, 1.54) is 5.69 Å². The van der Waals surface area contributed by atoms with Crippen molar-refractivity contribution >= 4 is 11.8 Å². The van der Waals surface area contributed by atoms with Gasteiger partial charge in [-0.1, -0.05) is 11.8 Å². The summed E-state index contributed by atoms with van der Waals surface area (Å²) in [4.78, 5) is 13.8. The molecular weight excluding hydrogens is 290 g/mol. The molecule has 0 saturated carbocycles. The minimum atomic E-state index is -0.489. The summed E-state index contributed by atoms with van der Waals surface area (Å²) in [5.74, 6) is 5.97. The Bertz CT molecular complexity index is 573. The molecule has 23 heavy (non-hydrogen) atoms. The Morgan fingerprint density at radius 1 is 1.26 bits per heavy atom. The maximum Gasteiger partial charge on any atom is 0.408 e. The fourth-order valence-electron chi connectivity index (χ4n) is 2.26. The van der Waals surface area contributed by atoms with Crippen molar-refractivity contribution in [3.8, 4) is 11.8 Å². The number of nitrogens with zero attached hydrogens (tertiary/aromatic N) is 1. The Morgan fingerprint density at radius 2 is 1.91 bits per heavy atom.